The second-order valence-electron chi connectivity index (χ2n) is 16.6. The molecule has 9 heteroatoms. The lowest BCUT2D eigenvalue weighted by atomic mass is 9.83. The number of piperidine rings is 1. The molecule has 8 rings (SSSR count). The Morgan fingerprint density at radius 1 is 0.780 bits per heavy atom. The van der Waals surface area contributed by atoms with E-state index in [1.165, 1.54) is 27.8 Å². The first-order chi connectivity index (χ1) is 23.8. The zero-order valence-corrected chi connectivity index (χ0v) is 30.1. The Morgan fingerprint density at radius 3 is 2.12 bits per heavy atom. The van der Waals surface area contributed by atoms with Gasteiger partial charge in [0.25, 0.3) is 0 Å². The van der Waals surface area contributed by atoms with Crippen molar-refractivity contribution >= 4 is 12.2 Å². The van der Waals surface area contributed by atoms with E-state index in [0.717, 1.165) is 73.4 Å². The number of aromatic amines is 2. The van der Waals surface area contributed by atoms with E-state index in [1.54, 1.807) is 4.90 Å². The third-order valence-electron chi connectivity index (χ3n) is 10.8. The molecule has 262 valence electrons. The van der Waals surface area contributed by atoms with Gasteiger partial charge in [0.2, 0.25) is 0 Å². The summed E-state index contributed by atoms with van der Waals surface area (Å²) in [5.74, 6) is 1.27. The quantitative estimate of drug-likeness (QED) is 0.224. The van der Waals surface area contributed by atoms with Crippen LogP contribution in [0.1, 0.15) is 108 Å². The number of amides is 2. The number of nitrogens with zero attached hydrogens (tertiary/aromatic N) is 3. The Hall–Kier alpha value is -4.53. The lowest BCUT2D eigenvalue weighted by Gasteiger charge is -2.36. The molecule has 2 aliphatic heterocycles. The van der Waals surface area contributed by atoms with Gasteiger partial charge in [-0.2, -0.15) is 0 Å². The molecule has 2 bridgehead atoms. The number of carbonyl (C=O) groups is 2. The highest BCUT2D eigenvalue weighted by Gasteiger charge is 2.50. The molecule has 2 saturated heterocycles. The van der Waals surface area contributed by atoms with Gasteiger partial charge in [0.15, 0.2) is 0 Å². The molecule has 4 aliphatic rings. The maximum Gasteiger partial charge on any atom is 0.411 e. The van der Waals surface area contributed by atoms with Gasteiger partial charge in [-0.15, -0.1) is 0 Å². The third kappa shape index (κ3) is 6.09. The molecule has 4 aromatic rings. The van der Waals surface area contributed by atoms with Gasteiger partial charge < -0.3 is 19.4 Å². The van der Waals surface area contributed by atoms with Crippen molar-refractivity contribution in [1.82, 2.24) is 24.8 Å². The number of ether oxygens (including phenoxy) is 2. The average Bonchev–Trinajstić information content (AvgIpc) is 3.90. The fourth-order valence-corrected chi connectivity index (χ4v) is 8.69. The first-order valence-electron chi connectivity index (χ1n) is 18.3. The van der Waals surface area contributed by atoms with Crippen LogP contribution in [0.15, 0.2) is 54.7 Å². The van der Waals surface area contributed by atoms with E-state index in [0.29, 0.717) is 12.5 Å². The molecule has 0 unspecified atom stereocenters. The zero-order chi connectivity index (χ0) is 34.9. The molecule has 1 saturated carbocycles. The average molecular weight is 676 g/mol. The summed E-state index contributed by atoms with van der Waals surface area (Å²) in [6.45, 7) is 12.2. The molecule has 4 heterocycles. The van der Waals surface area contributed by atoms with Crippen molar-refractivity contribution in [3.63, 3.8) is 0 Å². The largest absolute Gasteiger partial charge is 0.444 e. The smallest absolute Gasteiger partial charge is 0.411 e. The summed E-state index contributed by atoms with van der Waals surface area (Å²) < 4.78 is 11.5. The van der Waals surface area contributed by atoms with Crippen molar-refractivity contribution in [3.8, 4) is 33.6 Å². The van der Waals surface area contributed by atoms with E-state index in [-0.39, 0.29) is 30.3 Å². The van der Waals surface area contributed by atoms with E-state index in [2.05, 4.69) is 58.5 Å². The molecule has 0 spiro atoms. The number of fused-ring (bicyclic) bond motifs is 5. The van der Waals surface area contributed by atoms with Crippen LogP contribution in [0.4, 0.5) is 9.59 Å². The fraction of sp³-hybridized carbons (Fsp3) is 0.488. The van der Waals surface area contributed by atoms with Crippen molar-refractivity contribution in [2.75, 3.05) is 6.54 Å². The Morgan fingerprint density at radius 2 is 1.44 bits per heavy atom. The number of benzene rings is 2. The number of hydrogen-bond donors (Lipinski definition) is 2. The summed E-state index contributed by atoms with van der Waals surface area (Å²) >= 11 is 0. The van der Waals surface area contributed by atoms with Gasteiger partial charge in [0, 0.05) is 24.0 Å². The van der Waals surface area contributed by atoms with Crippen LogP contribution >= 0.6 is 0 Å². The molecule has 9 nitrogen and oxygen atoms in total. The van der Waals surface area contributed by atoms with Gasteiger partial charge in [-0.25, -0.2) is 14.6 Å². The number of rotatable bonds is 4. The topological polar surface area (TPSA) is 104 Å². The van der Waals surface area contributed by atoms with E-state index in [1.807, 2.05) is 52.6 Å². The van der Waals surface area contributed by atoms with Crippen LogP contribution in [0.5, 0.6) is 0 Å². The normalized spacial score (nSPS) is 22.8. The molecular weight excluding hydrogens is 626 g/mol. The SMILES string of the molecule is CC(C)(C)OC(=O)N1CCC[C@H]1c1ncc(-c2ccc3c(c2)CCc2cc(-c4ccc([C@@H]5[C@H]6CC[C@H](C6)N5C(=O)OC(C)(C)C)[nH]4)ccc2-3)[nH]1. The molecule has 2 aromatic carbocycles. The van der Waals surface area contributed by atoms with Crippen molar-refractivity contribution in [1.29, 1.82) is 0 Å². The van der Waals surface area contributed by atoms with Crippen LogP contribution in [-0.4, -0.2) is 60.7 Å². The molecule has 2 N–H and O–H groups in total. The van der Waals surface area contributed by atoms with Crippen LogP contribution in [0.2, 0.25) is 0 Å². The fourth-order valence-electron chi connectivity index (χ4n) is 8.69. The van der Waals surface area contributed by atoms with Crippen molar-refractivity contribution in [2.24, 2.45) is 5.92 Å². The maximum absolute atomic E-state index is 13.3. The predicted molar refractivity (Wildman–Crippen MR) is 194 cm³/mol. The second-order valence-corrected chi connectivity index (χ2v) is 16.6. The standard InChI is InChI=1S/C41H49N5O4/c1-40(2,3)49-38(47)45-19-7-8-35(45)37-42-23-34(44-37)27-13-16-31-25(21-27)10-9-24-20-26(12-15-30(24)31)32-17-18-33(43-32)36-28-11-14-29(22-28)46(36)39(48)50-41(4,5)6/h12-13,15-18,20-21,23,28-29,35-36,43H,7-11,14,19,22H2,1-6H3,(H,42,44)/t28-,29+,35-,36-/m0/s1. The van der Waals surface area contributed by atoms with Crippen molar-refractivity contribution in [2.45, 2.75) is 116 Å². The van der Waals surface area contributed by atoms with Crippen molar-refractivity contribution in [3.05, 3.63) is 77.4 Å². The summed E-state index contributed by atoms with van der Waals surface area (Å²) in [5, 5.41) is 0. The minimum atomic E-state index is -0.533. The Labute approximate surface area is 294 Å². The van der Waals surface area contributed by atoms with Gasteiger partial charge in [-0.1, -0.05) is 24.3 Å². The second kappa shape index (κ2) is 12.1. The minimum Gasteiger partial charge on any atom is -0.444 e. The van der Waals surface area contributed by atoms with Crippen LogP contribution in [-0.2, 0) is 22.3 Å². The Balaban J connectivity index is 0.996. The summed E-state index contributed by atoms with van der Waals surface area (Å²) in [6, 6.07) is 18.0. The molecule has 2 aromatic heterocycles. The first kappa shape index (κ1) is 32.7. The van der Waals surface area contributed by atoms with E-state index < -0.39 is 11.2 Å². The molecular formula is C41H49N5O4. The van der Waals surface area contributed by atoms with Gasteiger partial charge in [0.1, 0.15) is 17.0 Å². The number of imidazole rings is 1. The number of nitrogens with one attached hydrogen (secondary N) is 2. The number of H-pyrrole nitrogens is 2. The minimum absolute atomic E-state index is 0.0316. The number of likely N-dealkylation sites (tertiary alicyclic amines) is 2. The zero-order valence-electron chi connectivity index (χ0n) is 30.1. The van der Waals surface area contributed by atoms with Gasteiger partial charge in [-0.05, 0) is 150 Å². The van der Waals surface area contributed by atoms with Crippen LogP contribution in [0, 0.1) is 5.92 Å². The highest BCUT2D eigenvalue weighted by molar-refractivity contribution is 5.79. The maximum atomic E-state index is 13.3. The summed E-state index contributed by atoms with van der Waals surface area (Å²) in [5.41, 5.74) is 9.59. The molecule has 2 amide bonds. The summed E-state index contributed by atoms with van der Waals surface area (Å²) in [4.78, 5) is 41.9. The third-order valence-corrected chi connectivity index (χ3v) is 10.8. The van der Waals surface area contributed by atoms with Gasteiger partial charge in [-0.3, -0.25) is 9.80 Å². The van der Waals surface area contributed by atoms with Crippen LogP contribution in [0.3, 0.4) is 0 Å². The van der Waals surface area contributed by atoms with Crippen LogP contribution in [0.25, 0.3) is 33.6 Å². The molecule has 4 atom stereocenters. The lowest BCUT2D eigenvalue weighted by molar-refractivity contribution is 0.00666. The monoisotopic (exact) mass is 675 g/mol. The number of aryl methyl sites for hydroxylation is 2. The molecule has 2 aliphatic carbocycles. The molecule has 0 radical (unpaired) electrons. The Kier molecular flexibility index (Phi) is 7.88. The lowest BCUT2D eigenvalue weighted by Crippen LogP contribution is -2.43. The number of carbonyl (C=O) groups excluding carboxylic acids is 2. The first-order valence-corrected chi connectivity index (χ1v) is 18.3. The van der Waals surface area contributed by atoms with Crippen molar-refractivity contribution < 1.29 is 19.1 Å². The number of aromatic nitrogens is 3. The van der Waals surface area contributed by atoms with E-state index >= 15 is 0 Å². The highest BCUT2D eigenvalue weighted by atomic mass is 16.6. The predicted octanol–water partition coefficient (Wildman–Crippen LogP) is 9.37. The molecule has 50 heavy (non-hydrogen) atoms. The van der Waals surface area contributed by atoms with Crippen LogP contribution < -0.4 is 0 Å². The molecule has 3 fully saturated rings. The highest BCUT2D eigenvalue weighted by Crippen LogP contribution is 2.51. The Bertz CT molecular complexity index is 1940. The van der Waals surface area contributed by atoms with E-state index in [9.17, 15) is 9.59 Å². The number of hydrogen-bond acceptors (Lipinski definition) is 5. The van der Waals surface area contributed by atoms with Gasteiger partial charge >= 0.3 is 12.2 Å². The van der Waals surface area contributed by atoms with E-state index in [4.69, 9.17) is 14.5 Å². The van der Waals surface area contributed by atoms with Gasteiger partial charge in [0.05, 0.1) is 24.0 Å². The summed E-state index contributed by atoms with van der Waals surface area (Å²) in [7, 11) is 0. The summed E-state index contributed by atoms with van der Waals surface area (Å²) in [6.07, 6.45) is 8.38.